The quantitative estimate of drug-likeness (QED) is 0.611. The summed E-state index contributed by atoms with van der Waals surface area (Å²) in [5.74, 6) is 0.217. The van der Waals surface area contributed by atoms with Crippen molar-refractivity contribution in [1.82, 2.24) is 9.78 Å². The maximum Gasteiger partial charge on any atom is 0.167 e. The molecule has 3 rings (SSSR count). The van der Waals surface area contributed by atoms with Gasteiger partial charge in [-0.3, -0.25) is 14.8 Å². The number of anilines is 2. The average Bonchev–Trinajstić information content (AvgIpc) is 3.14. The van der Waals surface area contributed by atoms with E-state index in [1.54, 1.807) is 31.6 Å². The Morgan fingerprint density at radius 1 is 1.41 bits per heavy atom. The van der Waals surface area contributed by atoms with Crippen molar-refractivity contribution in [2.45, 2.75) is 32.5 Å². The third kappa shape index (κ3) is 4.17. The first-order valence-electron chi connectivity index (χ1n) is 8.54. The lowest BCUT2D eigenvalue weighted by Gasteiger charge is -2.16. The molecule has 0 aliphatic carbocycles. The molecule has 1 saturated heterocycles. The van der Waals surface area contributed by atoms with Gasteiger partial charge in [0.25, 0.3) is 0 Å². The minimum Gasteiger partial charge on any atom is -0.488 e. The fourth-order valence-corrected chi connectivity index (χ4v) is 3.07. The van der Waals surface area contributed by atoms with Gasteiger partial charge in [0, 0.05) is 38.4 Å². The third-order valence-corrected chi connectivity index (χ3v) is 4.30. The molecule has 0 amide bonds. The number of benzene rings is 1. The summed E-state index contributed by atoms with van der Waals surface area (Å²) < 4.78 is 34.6. The summed E-state index contributed by atoms with van der Waals surface area (Å²) in [5, 5.41) is 12.8. The molecule has 1 aliphatic rings. The second-order valence-corrected chi connectivity index (χ2v) is 6.75. The van der Waals surface area contributed by atoms with Gasteiger partial charge >= 0.3 is 0 Å². The van der Waals surface area contributed by atoms with Crippen molar-refractivity contribution in [1.29, 1.82) is 5.41 Å². The van der Waals surface area contributed by atoms with Gasteiger partial charge in [-0.2, -0.15) is 5.10 Å². The van der Waals surface area contributed by atoms with Crippen LogP contribution in [-0.4, -0.2) is 40.9 Å². The lowest BCUT2D eigenvalue weighted by Crippen LogP contribution is -2.22. The fraction of sp³-hybridized carbons (Fsp3) is 0.444. The smallest absolute Gasteiger partial charge is 0.167 e. The Morgan fingerprint density at radius 3 is 2.70 bits per heavy atom. The Balaban J connectivity index is 0.00000196. The molecule has 1 fully saturated rings. The Bertz CT molecular complexity index is 843. The van der Waals surface area contributed by atoms with Crippen LogP contribution in [0.2, 0.25) is 0 Å². The third-order valence-electron chi connectivity index (χ3n) is 4.30. The van der Waals surface area contributed by atoms with E-state index in [-0.39, 0.29) is 29.4 Å². The maximum atomic E-state index is 14.0. The van der Waals surface area contributed by atoms with Crippen molar-refractivity contribution in [3.63, 3.8) is 0 Å². The molecular weight excluding hydrogens is 359 g/mol. The molecule has 0 radical (unpaired) electrons. The van der Waals surface area contributed by atoms with E-state index in [0.29, 0.717) is 30.8 Å². The van der Waals surface area contributed by atoms with Crippen LogP contribution in [0.1, 0.15) is 33.0 Å². The number of nitrogen functional groups attached to an aromatic ring is 1. The second-order valence-electron chi connectivity index (χ2n) is 6.75. The van der Waals surface area contributed by atoms with E-state index in [1.165, 1.54) is 6.07 Å². The highest BCUT2D eigenvalue weighted by molar-refractivity contribution is 6.13. The molecule has 0 saturated carbocycles. The molecule has 27 heavy (non-hydrogen) atoms. The number of rotatable bonds is 5. The first-order valence-corrected chi connectivity index (χ1v) is 8.54. The van der Waals surface area contributed by atoms with Crippen molar-refractivity contribution >= 4 is 17.2 Å². The van der Waals surface area contributed by atoms with Gasteiger partial charge in [0.1, 0.15) is 17.7 Å². The Labute approximate surface area is 157 Å². The maximum absolute atomic E-state index is 14.0. The van der Waals surface area contributed by atoms with Crippen LogP contribution in [0.5, 0.6) is 5.75 Å². The van der Waals surface area contributed by atoms with Gasteiger partial charge in [0.05, 0.1) is 18.4 Å². The molecule has 2 heterocycles. The number of hydrogen-bond acceptors (Lipinski definition) is 5. The number of alkyl halides is 1. The second kappa shape index (κ2) is 7.89. The van der Waals surface area contributed by atoms with E-state index in [1.807, 2.05) is 4.90 Å². The minimum absolute atomic E-state index is 0. The first kappa shape index (κ1) is 20.6. The Kier molecular flexibility index (Phi) is 6.02. The highest BCUT2D eigenvalue weighted by Crippen LogP contribution is 2.28. The van der Waals surface area contributed by atoms with Gasteiger partial charge in [-0.15, -0.1) is 0 Å². The molecule has 9 heteroatoms. The molecule has 0 unspecified atom stereocenters. The van der Waals surface area contributed by atoms with Crippen molar-refractivity contribution in [3.05, 3.63) is 35.3 Å². The largest absolute Gasteiger partial charge is 0.488 e. The normalized spacial score (nSPS) is 16.5. The summed E-state index contributed by atoms with van der Waals surface area (Å²) in [6.45, 7) is 4.51. The van der Waals surface area contributed by atoms with Crippen LogP contribution in [0.25, 0.3) is 0 Å². The molecule has 6 nitrogen and oxygen atoms in total. The molecule has 150 valence electrons. The van der Waals surface area contributed by atoms with Gasteiger partial charge in [-0.05, 0) is 26.3 Å². The number of hydrogen-bond donors (Lipinski definition) is 2. The lowest BCUT2D eigenvalue weighted by molar-refractivity contribution is 0.231. The summed E-state index contributed by atoms with van der Waals surface area (Å²) in [6.07, 6.45) is -0.574. The summed E-state index contributed by atoms with van der Waals surface area (Å²) in [6, 6.07) is 4.31. The predicted octanol–water partition coefficient (Wildman–Crippen LogP) is 3.29. The highest BCUT2D eigenvalue weighted by Gasteiger charge is 2.26. The van der Waals surface area contributed by atoms with E-state index < -0.39 is 12.0 Å². The standard InChI is InChI=1S/C18H23F2N5O.FH.H2/c1-10(2)26-16-6-12(14(21)7-13(16)20)18(22)15-8-17(24(3)23-15)25-5-4-11(19)9-25;;/h6-8,10-11,22H,4-5,9,21H2,1-3H3;2*1H/t11-;;/m1../s1. The highest BCUT2D eigenvalue weighted by atomic mass is 19.1. The molecule has 1 atom stereocenters. The van der Waals surface area contributed by atoms with E-state index >= 15 is 0 Å². The van der Waals surface area contributed by atoms with E-state index in [9.17, 15) is 8.78 Å². The first-order chi connectivity index (χ1) is 12.3. The number of aromatic nitrogens is 2. The van der Waals surface area contributed by atoms with Crippen molar-refractivity contribution in [2.24, 2.45) is 7.05 Å². The van der Waals surface area contributed by atoms with Gasteiger partial charge < -0.3 is 15.4 Å². The lowest BCUT2D eigenvalue weighted by atomic mass is 10.0. The zero-order valence-electron chi connectivity index (χ0n) is 15.5. The molecule has 2 aromatic rings. The predicted molar refractivity (Wildman–Crippen MR) is 102 cm³/mol. The topological polar surface area (TPSA) is 80.2 Å². The number of ether oxygens (including phenoxy) is 1. The van der Waals surface area contributed by atoms with Crippen LogP contribution in [-0.2, 0) is 7.05 Å². The Morgan fingerprint density at radius 2 is 2.11 bits per heavy atom. The van der Waals surface area contributed by atoms with Gasteiger partial charge in [-0.1, -0.05) is 0 Å². The van der Waals surface area contributed by atoms with Crippen LogP contribution in [0, 0.1) is 11.2 Å². The molecule has 3 N–H and O–H groups in total. The summed E-state index contributed by atoms with van der Waals surface area (Å²) in [5.41, 5.74) is 6.85. The van der Waals surface area contributed by atoms with E-state index in [4.69, 9.17) is 15.9 Å². The summed E-state index contributed by atoms with van der Waals surface area (Å²) >= 11 is 0. The summed E-state index contributed by atoms with van der Waals surface area (Å²) in [4.78, 5) is 1.90. The SMILES string of the molecule is CC(C)Oc1cc(C(=N)c2cc(N3CC[C@@H](F)C3)n(C)n2)c(N)cc1F.F.[HH]. The molecule has 0 spiro atoms. The van der Waals surface area contributed by atoms with E-state index in [0.717, 1.165) is 11.9 Å². The average molecular weight is 385 g/mol. The van der Waals surface area contributed by atoms with Crippen LogP contribution < -0.4 is 15.4 Å². The Hall–Kier alpha value is -2.71. The van der Waals surface area contributed by atoms with Gasteiger partial charge in [0.2, 0.25) is 0 Å². The number of nitrogens with one attached hydrogen (secondary N) is 1. The fourth-order valence-electron chi connectivity index (χ4n) is 3.07. The molecule has 1 aliphatic heterocycles. The number of nitrogens with two attached hydrogens (primary N) is 1. The molecule has 1 aromatic carbocycles. The van der Waals surface area contributed by atoms with Crippen LogP contribution in [0.3, 0.4) is 0 Å². The zero-order valence-corrected chi connectivity index (χ0v) is 15.5. The van der Waals surface area contributed by atoms with Crippen molar-refractivity contribution < 1.29 is 19.6 Å². The zero-order chi connectivity index (χ0) is 19.0. The molecule has 0 bridgehead atoms. The van der Waals surface area contributed by atoms with Crippen LogP contribution in [0.4, 0.5) is 25.0 Å². The van der Waals surface area contributed by atoms with Crippen molar-refractivity contribution in [3.8, 4) is 5.75 Å². The van der Waals surface area contributed by atoms with Crippen molar-refractivity contribution in [2.75, 3.05) is 23.7 Å². The summed E-state index contributed by atoms with van der Waals surface area (Å²) in [7, 11) is 1.75. The number of aryl methyl sites for hydroxylation is 1. The monoisotopic (exact) mass is 385 g/mol. The minimum atomic E-state index is -0.851. The van der Waals surface area contributed by atoms with E-state index in [2.05, 4.69) is 5.10 Å². The van der Waals surface area contributed by atoms with Crippen LogP contribution >= 0.6 is 0 Å². The molecule has 1 aromatic heterocycles. The molecular formula is C18H26F3N5O. The number of nitrogens with zero attached hydrogens (tertiary/aromatic N) is 3. The van der Waals surface area contributed by atoms with Gasteiger partial charge in [0.15, 0.2) is 11.6 Å². The van der Waals surface area contributed by atoms with Crippen LogP contribution in [0.15, 0.2) is 18.2 Å². The number of halogens is 3. The van der Waals surface area contributed by atoms with Gasteiger partial charge in [-0.25, -0.2) is 8.78 Å².